The summed E-state index contributed by atoms with van der Waals surface area (Å²) in [6, 6.07) is 11.5. The van der Waals surface area contributed by atoms with Crippen LogP contribution in [0.4, 0.5) is 0 Å². The van der Waals surface area contributed by atoms with E-state index in [0.29, 0.717) is 17.6 Å². The van der Waals surface area contributed by atoms with E-state index in [-0.39, 0.29) is 0 Å². The molecule has 0 amide bonds. The van der Waals surface area contributed by atoms with Gasteiger partial charge in [0.2, 0.25) is 5.88 Å². The molecule has 0 radical (unpaired) electrons. The Morgan fingerprint density at radius 3 is 2.56 bits per heavy atom. The summed E-state index contributed by atoms with van der Waals surface area (Å²) >= 11 is 5.77. The first kappa shape index (κ1) is 10.9. The summed E-state index contributed by atoms with van der Waals surface area (Å²) in [7, 11) is 1.58. The second-order valence-corrected chi connectivity index (χ2v) is 3.49. The highest BCUT2D eigenvalue weighted by molar-refractivity contribution is 6.16. The number of hydrogen-bond acceptors (Lipinski definition) is 3. The van der Waals surface area contributed by atoms with Gasteiger partial charge in [0.1, 0.15) is 0 Å². The predicted octanol–water partition coefficient (Wildman–Crippen LogP) is 2.89. The third-order valence-corrected chi connectivity index (χ3v) is 2.41. The molecule has 4 heteroatoms. The molecule has 0 aliphatic heterocycles. The van der Waals surface area contributed by atoms with Crippen molar-refractivity contribution in [2.75, 3.05) is 7.11 Å². The van der Waals surface area contributed by atoms with E-state index in [1.807, 2.05) is 30.3 Å². The highest BCUT2D eigenvalue weighted by Gasteiger charge is 2.05. The van der Waals surface area contributed by atoms with Crippen LogP contribution in [0.3, 0.4) is 0 Å². The van der Waals surface area contributed by atoms with Crippen LogP contribution in [-0.2, 0) is 5.88 Å². The minimum Gasteiger partial charge on any atom is -0.481 e. The lowest BCUT2D eigenvalue weighted by Crippen LogP contribution is -1.97. The molecule has 0 unspecified atom stereocenters. The zero-order valence-corrected chi connectivity index (χ0v) is 9.61. The summed E-state index contributed by atoms with van der Waals surface area (Å²) in [6.07, 6.45) is 0. The maximum atomic E-state index is 5.77. The molecule has 0 fully saturated rings. The summed E-state index contributed by atoms with van der Waals surface area (Å²) in [4.78, 5) is 8.63. The van der Waals surface area contributed by atoms with Gasteiger partial charge in [-0.15, -0.1) is 11.6 Å². The van der Waals surface area contributed by atoms with Crippen molar-refractivity contribution in [3.8, 4) is 17.3 Å². The van der Waals surface area contributed by atoms with Crippen LogP contribution in [-0.4, -0.2) is 17.1 Å². The zero-order valence-electron chi connectivity index (χ0n) is 8.85. The van der Waals surface area contributed by atoms with Gasteiger partial charge in [-0.25, -0.2) is 4.98 Å². The Labute approximate surface area is 99.1 Å². The molecule has 0 saturated heterocycles. The quantitative estimate of drug-likeness (QED) is 0.766. The van der Waals surface area contributed by atoms with Crippen molar-refractivity contribution in [3.05, 3.63) is 42.1 Å². The van der Waals surface area contributed by atoms with Crippen LogP contribution >= 0.6 is 11.6 Å². The minimum absolute atomic E-state index is 0.346. The molecule has 1 aromatic heterocycles. The zero-order chi connectivity index (χ0) is 11.4. The molecule has 0 aliphatic carbocycles. The molecule has 0 aliphatic rings. The van der Waals surface area contributed by atoms with Crippen LogP contribution in [0, 0.1) is 0 Å². The summed E-state index contributed by atoms with van der Waals surface area (Å²) in [6.45, 7) is 0. The third kappa shape index (κ3) is 2.31. The second-order valence-electron chi connectivity index (χ2n) is 3.22. The van der Waals surface area contributed by atoms with Gasteiger partial charge in [-0.05, 0) is 0 Å². The molecule has 0 spiro atoms. The molecule has 0 N–H and O–H groups in total. The van der Waals surface area contributed by atoms with Crippen LogP contribution < -0.4 is 4.74 Å². The SMILES string of the molecule is COc1cc(CCl)nc(-c2ccccc2)n1. The molecule has 1 aromatic carbocycles. The molecule has 0 saturated carbocycles. The van der Waals surface area contributed by atoms with E-state index in [1.165, 1.54) is 0 Å². The van der Waals surface area contributed by atoms with Crippen LogP contribution in [0.1, 0.15) is 5.69 Å². The van der Waals surface area contributed by atoms with Crippen LogP contribution in [0.25, 0.3) is 11.4 Å². The molecule has 2 rings (SSSR count). The van der Waals surface area contributed by atoms with E-state index >= 15 is 0 Å². The Hall–Kier alpha value is -1.61. The lowest BCUT2D eigenvalue weighted by atomic mass is 10.2. The molecular formula is C12H11ClN2O. The molecular weight excluding hydrogens is 224 g/mol. The molecule has 0 atom stereocenters. The highest BCUT2D eigenvalue weighted by atomic mass is 35.5. The van der Waals surface area contributed by atoms with Crippen molar-refractivity contribution in [3.63, 3.8) is 0 Å². The Balaban J connectivity index is 2.48. The normalized spacial score (nSPS) is 10.1. The third-order valence-electron chi connectivity index (χ3n) is 2.13. The van der Waals surface area contributed by atoms with E-state index in [1.54, 1.807) is 13.2 Å². The van der Waals surface area contributed by atoms with Gasteiger partial charge < -0.3 is 4.74 Å². The van der Waals surface area contributed by atoms with E-state index in [2.05, 4.69) is 9.97 Å². The minimum atomic E-state index is 0.346. The first-order chi connectivity index (χ1) is 7.83. The fraction of sp³-hybridized carbons (Fsp3) is 0.167. The summed E-state index contributed by atoms with van der Waals surface area (Å²) < 4.78 is 5.11. The van der Waals surface area contributed by atoms with Gasteiger partial charge in [0, 0.05) is 11.6 Å². The molecule has 2 aromatic rings. The van der Waals surface area contributed by atoms with Gasteiger partial charge in [-0.1, -0.05) is 30.3 Å². The van der Waals surface area contributed by atoms with Gasteiger partial charge in [-0.3, -0.25) is 0 Å². The van der Waals surface area contributed by atoms with Crippen molar-refractivity contribution < 1.29 is 4.74 Å². The van der Waals surface area contributed by atoms with Crippen LogP contribution in [0.5, 0.6) is 5.88 Å². The standard InChI is InChI=1S/C12H11ClN2O/c1-16-11-7-10(8-13)14-12(15-11)9-5-3-2-4-6-9/h2-7H,8H2,1H3. The Kier molecular flexibility index (Phi) is 3.37. The predicted molar refractivity (Wildman–Crippen MR) is 63.6 cm³/mol. The Morgan fingerprint density at radius 2 is 1.94 bits per heavy atom. The summed E-state index contributed by atoms with van der Waals surface area (Å²) in [5.41, 5.74) is 1.71. The van der Waals surface area contributed by atoms with Crippen molar-refractivity contribution in [2.45, 2.75) is 5.88 Å². The lowest BCUT2D eigenvalue weighted by molar-refractivity contribution is 0.397. The van der Waals surface area contributed by atoms with Gasteiger partial charge in [-0.2, -0.15) is 4.98 Å². The first-order valence-electron chi connectivity index (χ1n) is 4.87. The number of aromatic nitrogens is 2. The number of nitrogens with zero attached hydrogens (tertiary/aromatic N) is 2. The smallest absolute Gasteiger partial charge is 0.216 e. The van der Waals surface area contributed by atoms with Gasteiger partial charge in [0.25, 0.3) is 0 Å². The Morgan fingerprint density at radius 1 is 1.19 bits per heavy atom. The fourth-order valence-electron chi connectivity index (χ4n) is 1.36. The average molecular weight is 235 g/mol. The topological polar surface area (TPSA) is 35.0 Å². The number of halogens is 1. The maximum absolute atomic E-state index is 5.77. The maximum Gasteiger partial charge on any atom is 0.216 e. The second kappa shape index (κ2) is 4.94. The van der Waals surface area contributed by atoms with E-state index in [4.69, 9.17) is 16.3 Å². The van der Waals surface area contributed by atoms with Gasteiger partial charge in [0.05, 0.1) is 18.7 Å². The average Bonchev–Trinajstić information content (AvgIpc) is 2.39. The van der Waals surface area contributed by atoms with Crippen molar-refractivity contribution in [1.29, 1.82) is 0 Å². The number of alkyl halides is 1. The van der Waals surface area contributed by atoms with Gasteiger partial charge >= 0.3 is 0 Å². The van der Waals surface area contributed by atoms with E-state index in [9.17, 15) is 0 Å². The van der Waals surface area contributed by atoms with Crippen molar-refractivity contribution >= 4 is 11.6 Å². The molecule has 3 nitrogen and oxygen atoms in total. The first-order valence-corrected chi connectivity index (χ1v) is 5.40. The van der Waals surface area contributed by atoms with Crippen molar-refractivity contribution in [1.82, 2.24) is 9.97 Å². The largest absolute Gasteiger partial charge is 0.481 e. The number of methoxy groups -OCH3 is 1. The number of ether oxygens (including phenoxy) is 1. The number of benzene rings is 1. The van der Waals surface area contributed by atoms with Gasteiger partial charge in [0.15, 0.2) is 5.82 Å². The van der Waals surface area contributed by atoms with E-state index in [0.717, 1.165) is 11.3 Å². The highest BCUT2D eigenvalue weighted by Crippen LogP contribution is 2.19. The van der Waals surface area contributed by atoms with Crippen molar-refractivity contribution in [2.24, 2.45) is 0 Å². The van der Waals surface area contributed by atoms with Crippen LogP contribution in [0.2, 0.25) is 0 Å². The summed E-state index contributed by atoms with van der Waals surface area (Å²) in [5.74, 6) is 1.51. The van der Waals surface area contributed by atoms with E-state index < -0.39 is 0 Å². The Bertz CT molecular complexity index is 451. The molecule has 1 heterocycles. The molecule has 0 bridgehead atoms. The number of hydrogen-bond donors (Lipinski definition) is 0. The van der Waals surface area contributed by atoms with Crippen LogP contribution in [0.15, 0.2) is 36.4 Å². The lowest BCUT2D eigenvalue weighted by Gasteiger charge is -2.05. The molecule has 16 heavy (non-hydrogen) atoms. The number of rotatable bonds is 3. The summed E-state index contributed by atoms with van der Waals surface area (Å²) in [5, 5.41) is 0. The molecule has 82 valence electrons. The monoisotopic (exact) mass is 234 g/mol. The fourth-order valence-corrected chi connectivity index (χ4v) is 1.50.